The van der Waals surface area contributed by atoms with E-state index in [4.69, 9.17) is 5.26 Å². The van der Waals surface area contributed by atoms with E-state index in [-0.39, 0.29) is 35.4 Å². The van der Waals surface area contributed by atoms with E-state index in [0.717, 1.165) is 11.1 Å². The highest BCUT2D eigenvalue weighted by molar-refractivity contribution is 7.89. The Hall–Kier alpha value is -3.47. The molecule has 0 saturated carbocycles. The Morgan fingerprint density at radius 1 is 0.935 bits per heavy atom. The number of hydrogen-bond acceptors (Lipinski definition) is 4. The Morgan fingerprint density at radius 2 is 1.61 bits per heavy atom. The average molecular weight is 434 g/mol. The Kier molecular flexibility index (Phi) is 7.55. The van der Waals surface area contributed by atoms with E-state index in [1.54, 1.807) is 6.07 Å². The fourth-order valence-electron chi connectivity index (χ4n) is 3.16. The van der Waals surface area contributed by atoms with Crippen molar-refractivity contribution in [1.29, 1.82) is 5.26 Å². The highest BCUT2D eigenvalue weighted by Gasteiger charge is 2.19. The summed E-state index contributed by atoms with van der Waals surface area (Å²) in [6.07, 6.45) is 0.669. The molecule has 3 aromatic carbocycles. The third kappa shape index (κ3) is 6.25. The van der Waals surface area contributed by atoms with E-state index in [1.165, 1.54) is 18.2 Å². The quantitative estimate of drug-likeness (QED) is 0.504. The SMILES string of the molecule is N#CCCNS(=O)(=O)c1cccc(C(=O)N[C@H](Cc2ccccc2)c2ccccc2)c1. The number of nitrogens with zero attached hydrogens (tertiary/aromatic N) is 1. The lowest BCUT2D eigenvalue weighted by Gasteiger charge is -2.20. The molecule has 0 fully saturated rings. The minimum absolute atomic E-state index is 0.0163. The maximum Gasteiger partial charge on any atom is 0.251 e. The smallest absolute Gasteiger partial charge is 0.251 e. The first-order valence-corrected chi connectivity index (χ1v) is 11.3. The van der Waals surface area contributed by atoms with Gasteiger partial charge >= 0.3 is 0 Å². The highest BCUT2D eigenvalue weighted by atomic mass is 32.2. The zero-order chi connectivity index (χ0) is 22.1. The molecule has 1 atom stereocenters. The Bertz CT molecular complexity index is 1160. The minimum Gasteiger partial charge on any atom is -0.345 e. The standard InChI is InChI=1S/C24H23N3O3S/c25-15-8-16-26-31(29,30)22-14-7-13-21(18-22)24(28)27-23(20-11-5-2-6-12-20)17-19-9-3-1-4-10-19/h1-7,9-14,18,23,26H,8,16-17H2,(H,27,28)/t23-/m1/s1. The molecule has 6 nitrogen and oxygen atoms in total. The summed E-state index contributed by atoms with van der Waals surface area (Å²) in [6, 6.07) is 27.0. The summed E-state index contributed by atoms with van der Waals surface area (Å²) in [4.78, 5) is 13.0. The number of benzene rings is 3. The number of sulfonamides is 1. The molecule has 2 N–H and O–H groups in total. The summed E-state index contributed by atoms with van der Waals surface area (Å²) in [5.74, 6) is -0.362. The maximum absolute atomic E-state index is 13.0. The lowest BCUT2D eigenvalue weighted by molar-refractivity contribution is 0.0936. The Morgan fingerprint density at radius 3 is 2.29 bits per heavy atom. The van der Waals surface area contributed by atoms with Gasteiger partial charge in [-0.15, -0.1) is 0 Å². The summed E-state index contributed by atoms with van der Waals surface area (Å²) >= 11 is 0. The number of nitriles is 1. The van der Waals surface area contributed by atoms with Gasteiger partial charge in [0, 0.05) is 18.5 Å². The topological polar surface area (TPSA) is 99.1 Å². The van der Waals surface area contributed by atoms with Gasteiger partial charge < -0.3 is 5.32 Å². The normalized spacial score (nSPS) is 12.0. The fourth-order valence-corrected chi connectivity index (χ4v) is 4.24. The molecule has 0 aromatic heterocycles. The molecule has 0 saturated heterocycles. The van der Waals surface area contributed by atoms with Crippen LogP contribution in [-0.4, -0.2) is 20.9 Å². The van der Waals surface area contributed by atoms with Gasteiger partial charge in [0.15, 0.2) is 0 Å². The van der Waals surface area contributed by atoms with Crippen LogP contribution >= 0.6 is 0 Å². The number of nitrogens with one attached hydrogen (secondary N) is 2. The van der Waals surface area contributed by atoms with Crippen LogP contribution in [0.5, 0.6) is 0 Å². The summed E-state index contributed by atoms with van der Waals surface area (Å²) < 4.78 is 27.2. The fraction of sp³-hybridized carbons (Fsp3) is 0.167. The molecule has 0 bridgehead atoms. The van der Waals surface area contributed by atoms with Crippen molar-refractivity contribution in [3.05, 3.63) is 102 Å². The summed E-state index contributed by atoms with van der Waals surface area (Å²) in [5, 5.41) is 11.6. The van der Waals surface area contributed by atoms with Crippen molar-refractivity contribution in [2.75, 3.05) is 6.54 Å². The van der Waals surface area contributed by atoms with E-state index in [9.17, 15) is 13.2 Å². The van der Waals surface area contributed by atoms with Crippen molar-refractivity contribution in [3.8, 4) is 6.07 Å². The monoisotopic (exact) mass is 433 g/mol. The number of hydrogen-bond donors (Lipinski definition) is 2. The van der Waals surface area contributed by atoms with Gasteiger partial charge in [-0.25, -0.2) is 13.1 Å². The van der Waals surface area contributed by atoms with Crippen LogP contribution in [-0.2, 0) is 16.4 Å². The van der Waals surface area contributed by atoms with E-state index < -0.39 is 10.0 Å². The molecule has 0 radical (unpaired) electrons. The molecule has 0 unspecified atom stereocenters. The van der Waals surface area contributed by atoms with E-state index >= 15 is 0 Å². The minimum atomic E-state index is -3.80. The summed E-state index contributed by atoms with van der Waals surface area (Å²) in [7, 11) is -3.80. The first kappa shape index (κ1) is 22.2. The van der Waals surface area contributed by atoms with Gasteiger partial charge in [-0.3, -0.25) is 4.79 Å². The van der Waals surface area contributed by atoms with Gasteiger partial charge in [0.1, 0.15) is 0 Å². The first-order valence-electron chi connectivity index (χ1n) is 9.86. The van der Waals surface area contributed by atoms with Crippen LogP contribution in [0.25, 0.3) is 0 Å². The molecule has 0 aliphatic carbocycles. The van der Waals surface area contributed by atoms with Gasteiger partial charge in [0.25, 0.3) is 5.91 Å². The number of amides is 1. The van der Waals surface area contributed by atoms with Gasteiger partial charge in [-0.2, -0.15) is 5.26 Å². The second kappa shape index (κ2) is 10.5. The van der Waals surface area contributed by atoms with Crippen molar-refractivity contribution in [2.45, 2.75) is 23.8 Å². The van der Waals surface area contributed by atoms with Crippen LogP contribution in [0.15, 0.2) is 89.8 Å². The van der Waals surface area contributed by atoms with Crippen LogP contribution in [0.3, 0.4) is 0 Å². The first-order chi connectivity index (χ1) is 15.0. The largest absolute Gasteiger partial charge is 0.345 e. The average Bonchev–Trinajstić information content (AvgIpc) is 2.80. The van der Waals surface area contributed by atoms with Crippen LogP contribution in [0, 0.1) is 11.3 Å². The molecule has 7 heteroatoms. The summed E-state index contributed by atoms with van der Waals surface area (Å²) in [5.41, 5.74) is 2.29. The molecule has 3 aromatic rings. The predicted molar refractivity (Wildman–Crippen MR) is 119 cm³/mol. The second-order valence-electron chi connectivity index (χ2n) is 6.96. The third-order valence-electron chi connectivity index (χ3n) is 4.73. The second-order valence-corrected chi connectivity index (χ2v) is 8.73. The lowest BCUT2D eigenvalue weighted by atomic mass is 9.98. The summed E-state index contributed by atoms with van der Waals surface area (Å²) in [6.45, 7) is 0.0163. The van der Waals surface area contributed by atoms with Crippen molar-refractivity contribution in [3.63, 3.8) is 0 Å². The Labute approximate surface area is 182 Å². The van der Waals surface area contributed by atoms with Gasteiger partial charge in [0.2, 0.25) is 10.0 Å². The van der Waals surface area contributed by atoms with E-state index in [0.29, 0.717) is 6.42 Å². The zero-order valence-electron chi connectivity index (χ0n) is 16.9. The molecule has 0 aliphatic rings. The van der Waals surface area contributed by atoms with Crippen molar-refractivity contribution >= 4 is 15.9 Å². The molecular formula is C24H23N3O3S. The molecule has 158 valence electrons. The number of carbonyl (C=O) groups excluding carboxylic acids is 1. The molecule has 0 heterocycles. The third-order valence-corrected chi connectivity index (χ3v) is 6.18. The maximum atomic E-state index is 13.0. The molecule has 3 rings (SSSR count). The highest BCUT2D eigenvalue weighted by Crippen LogP contribution is 2.20. The van der Waals surface area contributed by atoms with Crippen molar-refractivity contribution in [2.24, 2.45) is 0 Å². The van der Waals surface area contributed by atoms with Crippen molar-refractivity contribution in [1.82, 2.24) is 10.0 Å². The molecule has 1 amide bonds. The Balaban J connectivity index is 1.81. The lowest BCUT2D eigenvalue weighted by Crippen LogP contribution is -2.30. The molecular weight excluding hydrogens is 410 g/mol. The van der Waals surface area contributed by atoms with Crippen LogP contribution < -0.4 is 10.0 Å². The van der Waals surface area contributed by atoms with Crippen LogP contribution in [0.1, 0.15) is 33.9 Å². The van der Waals surface area contributed by atoms with Crippen molar-refractivity contribution < 1.29 is 13.2 Å². The molecule has 0 spiro atoms. The molecule has 31 heavy (non-hydrogen) atoms. The van der Waals surface area contributed by atoms with E-state index in [2.05, 4.69) is 10.0 Å². The number of carbonyl (C=O) groups is 1. The van der Waals surface area contributed by atoms with Gasteiger partial charge in [-0.1, -0.05) is 66.7 Å². The van der Waals surface area contributed by atoms with E-state index in [1.807, 2.05) is 66.7 Å². The van der Waals surface area contributed by atoms with Gasteiger partial charge in [0.05, 0.1) is 17.0 Å². The van der Waals surface area contributed by atoms with Gasteiger partial charge in [-0.05, 0) is 35.7 Å². The number of rotatable bonds is 9. The zero-order valence-corrected chi connectivity index (χ0v) is 17.7. The van der Waals surface area contributed by atoms with Crippen LogP contribution in [0.2, 0.25) is 0 Å². The van der Waals surface area contributed by atoms with Crippen LogP contribution in [0.4, 0.5) is 0 Å². The molecule has 0 aliphatic heterocycles. The predicted octanol–water partition coefficient (Wildman–Crippen LogP) is 3.59.